The second-order valence-electron chi connectivity index (χ2n) is 3.16. The predicted octanol–water partition coefficient (Wildman–Crippen LogP) is 3.41. The first-order chi connectivity index (χ1) is 7.33. The lowest BCUT2D eigenvalue weighted by molar-refractivity contribution is -0.114. The second-order valence-corrected chi connectivity index (χ2v) is 4.55. The van der Waals surface area contributed by atoms with E-state index in [-0.39, 0.29) is 5.78 Å². The molecular weight excluding hydrogens is 204 g/mol. The van der Waals surface area contributed by atoms with Gasteiger partial charge in [0, 0.05) is 12.2 Å². The van der Waals surface area contributed by atoms with Crippen molar-refractivity contribution < 1.29 is 4.79 Å². The van der Waals surface area contributed by atoms with Crippen molar-refractivity contribution >= 4 is 23.6 Å². The zero-order chi connectivity index (χ0) is 10.9. The maximum atomic E-state index is 11.4. The molecule has 0 saturated carbocycles. The molecule has 0 heterocycles. The van der Waals surface area contributed by atoms with Gasteiger partial charge in [0.2, 0.25) is 0 Å². The van der Waals surface area contributed by atoms with Gasteiger partial charge in [0.1, 0.15) is 0 Å². The van der Waals surface area contributed by atoms with Crippen LogP contribution in [0.4, 0.5) is 0 Å². The molecule has 0 atom stereocenters. The van der Waals surface area contributed by atoms with Crippen LogP contribution in [0.1, 0.15) is 18.9 Å². The van der Waals surface area contributed by atoms with Gasteiger partial charge in [-0.2, -0.15) is 11.8 Å². The van der Waals surface area contributed by atoms with E-state index >= 15 is 0 Å². The number of allylic oxidation sites excluding steroid dienone is 1. The molecule has 0 unspecified atom stereocenters. The molecule has 1 rings (SSSR count). The standard InChI is InChI=1S/C13H16OS/c1-2-15-11-10-13(14)9-8-12-6-4-3-5-7-12/h3-9H,2,10-11H2,1H3/b9-8+. The van der Waals surface area contributed by atoms with Crippen LogP contribution in [0.5, 0.6) is 0 Å². The van der Waals surface area contributed by atoms with Crippen LogP contribution in [0.15, 0.2) is 36.4 Å². The van der Waals surface area contributed by atoms with Crippen LogP contribution in [-0.2, 0) is 4.79 Å². The van der Waals surface area contributed by atoms with E-state index in [1.54, 1.807) is 17.8 Å². The number of rotatable bonds is 6. The first kappa shape index (κ1) is 12.1. The Labute approximate surface area is 95.6 Å². The number of hydrogen-bond acceptors (Lipinski definition) is 2. The van der Waals surface area contributed by atoms with Gasteiger partial charge in [-0.25, -0.2) is 0 Å². The highest BCUT2D eigenvalue weighted by molar-refractivity contribution is 7.99. The summed E-state index contributed by atoms with van der Waals surface area (Å²) in [4.78, 5) is 11.4. The fraction of sp³-hybridized carbons (Fsp3) is 0.308. The molecule has 0 saturated heterocycles. The molecule has 0 bridgehead atoms. The summed E-state index contributed by atoms with van der Waals surface area (Å²) in [5.41, 5.74) is 1.08. The van der Waals surface area contributed by atoms with Crippen molar-refractivity contribution in [2.24, 2.45) is 0 Å². The predicted molar refractivity (Wildman–Crippen MR) is 68.1 cm³/mol. The van der Waals surface area contributed by atoms with Gasteiger partial charge in [0.15, 0.2) is 5.78 Å². The van der Waals surface area contributed by atoms with Gasteiger partial charge in [-0.15, -0.1) is 0 Å². The van der Waals surface area contributed by atoms with Crippen LogP contribution in [-0.4, -0.2) is 17.3 Å². The molecule has 0 aliphatic carbocycles. The van der Waals surface area contributed by atoms with Crippen molar-refractivity contribution in [1.82, 2.24) is 0 Å². The van der Waals surface area contributed by atoms with Crippen LogP contribution in [0.2, 0.25) is 0 Å². The van der Waals surface area contributed by atoms with Crippen molar-refractivity contribution in [3.8, 4) is 0 Å². The van der Waals surface area contributed by atoms with Crippen molar-refractivity contribution in [3.05, 3.63) is 42.0 Å². The maximum absolute atomic E-state index is 11.4. The van der Waals surface area contributed by atoms with E-state index in [0.717, 1.165) is 17.1 Å². The van der Waals surface area contributed by atoms with Crippen molar-refractivity contribution in [1.29, 1.82) is 0 Å². The van der Waals surface area contributed by atoms with Gasteiger partial charge in [-0.05, 0) is 17.4 Å². The quantitative estimate of drug-likeness (QED) is 0.540. The lowest BCUT2D eigenvalue weighted by atomic mass is 10.2. The molecule has 0 aliphatic heterocycles. The minimum absolute atomic E-state index is 0.208. The summed E-state index contributed by atoms with van der Waals surface area (Å²) in [5.74, 6) is 2.21. The molecule has 0 aromatic heterocycles. The minimum atomic E-state index is 0.208. The summed E-state index contributed by atoms with van der Waals surface area (Å²) in [7, 11) is 0. The maximum Gasteiger partial charge on any atom is 0.156 e. The number of hydrogen-bond donors (Lipinski definition) is 0. The summed E-state index contributed by atoms with van der Waals surface area (Å²) in [5, 5.41) is 0. The van der Waals surface area contributed by atoms with Crippen LogP contribution in [0.25, 0.3) is 6.08 Å². The Morgan fingerprint density at radius 2 is 2.07 bits per heavy atom. The molecule has 1 aromatic rings. The Kier molecular flexibility index (Phi) is 5.86. The van der Waals surface area contributed by atoms with Gasteiger partial charge in [0.25, 0.3) is 0 Å². The largest absolute Gasteiger partial charge is 0.295 e. The molecule has 1 aromatic carbocycles. The first-order valence-corrected chi connectivity index (χ1v) is 6.32. The zero-order valence-corrected chi connectivity index (χ0v) is 9.80. The van der Waals surface area contributed by atoms with Gasteiger partial charge < -0.3 is 0 Å². The molecule has 0 radical (unpaired) electrons. The summed E-state index contributed by atoms with van der Waals surface area (Å²) in [6.07, 6.45) is 4.19. The molecule has 1 nitrogen and oxygen atoms in total. The van der Waals surface area contributed by atoms with Crippen LogP contribution in [0.3, 0.4) is 0 Å². The topological polar surface area (TPSA) is 17.1 Å². The molecule has 0 amide bonds. The van der Waals surface area contributed by atoms with Crippen LogP contribution >= 0.6 is 11.8 Å². The summed E-state index contributed by atoms with van der Waals surface area (Å²) in [6, 6.07) is 9.89. The smallest absolute Gasteiger partial charge is 0.156 e. The second kappa shape index (κ2) is 7.30. The van der Waals surface area contributed by atoms with Gasteiger partial charge in [-0.3, -0.25) is 4.79 Å². The lowest BCUT2D eigenvalue weighted by Gasteiger charge is -1.94. The Hall–Kier alpha value is -1.02. The summed E-state index contributed by atoms with van der Waals surface area (Å²) < 4.78 is 0. The Balaban J connectivity index is 2.34. The number of carbonyl (C=O) groups excluding carboxylic acids is 1. The first-order valence-electron chi connectivity index (χ1n) is 5.16. The van der Waals surface area contributed by atoms with E-state index in [1.165, 1.54) is 0 Å². The zero-order valence-electron chi connectivity index (χ0n) is 8.98. The van der Waals surface area contributed by atoms with E-state index in [9.17, 15) is 4.79 Å². The fourth-order valence-corrected chi connectivity index (χ4v) is 1.79. The molecule has 2 heteroatoms. The number of thioether (sulfide) groups is 1. The lowest BCUT2D eigenvalue weighted by Crippen LogP contribution is -1.94. The normalized spacial score (nSPS) is 10.7. The molecule has 0 N–H and O–H groups in total. The van der Waals surface area contributed by atoms with E-state index in [0.29, 0.717) is 6.42 Å². The van der Waals surface area contributed by atoms with Crippen LogP contribution in [0, 0.1) is 0 Å². The summed E-state index contributed by atoms with van der Waals surface area (Å²) >= 11 is 1.80. The highest BCUT2D eigenvalue weighted by atomic mass is 32.2. The molecule has 0 fully saturated rings. The van der Waals surface area contributed by atoms with Crippen molar-refractivity contribution in [2.45, 2.75) is 13.3 Å². The van der Waals surface area contributed by atoms with Gasteiger partial charge >= 0.3 is 0 Å². The fourth-order valence-electron chi connectivity index (χ4n) is 1.15. The van der Waals surface area contributed by atoms with E-state index < -0.39 is 0 Å². The molecule has 15 heavy (non-hydrogen) atoms. The van der Waals surface area contributed by atoms with Gasteiger partial charge in [-0.1, -0.05) is 43.3 Å². The number of ketones is 1. The molecule has 80 valence electrons. The number of carbonyl (C=O) groups is 1. The highest BCUT2D eigenvalue weighted by Crippen LogP contribution is 2.04. The van der Waals surface area contributed by atoms with Gasteiger partial charge in [0.05, 0.1) is 0 Å². The third-order valence-electron chi connectivity index (χ3n) is 1.96. The Morgan fingerprint density at radius 1 is 1.33 bits per heavy atom. The molecular formula is C13H16OS. The van der Waals surface area contributed by atoms with Crippen LogP contribution < -0.4 is 0 Å². The monoisotopic (exact) mass is 220 g/mol. The SMILES string of the molecule is CCSCCC(=O)/C=C/c1ccccc1. The Bertz CT molecular complexity index is 317. The van der Waals surface area contributed by atoms with Crippen molar-refractivity contribution in [3.63, 3.8) is 0 Å². The third kappa shape index (κ3) is 5.43. The van der Waals surface area contributed by atoms with E-state index in [1.807, 2.05) is 36.4 Å². The highest BCUT2D eigenvalue weighted by Gasteiger charge is 1.95. The average molecular weight is 220 g/mol. The van der Waals surface area contributed by atoms with Crippen molar-refractivity contribution in [2.75, 3.05) is 11.5 Å². The number of benzene rings is 1. The summed E-state index contributed by atoms with van der Waals surface area (Å²) in [6.45, 7) is 2.11. The third-order valence-corrected chi connectivity index (χ3v) is 2.86. The molecule has 0 spiro atoms. The average Bonchev–Trinajstić information content (AvgIpc) is 2.28. The van der Waals surface area contributed by atoms with E-state index in [2.05, 4.69) is 6.92 Å². The minimum Gasteiger partial charge on any atom is -0.295 e. The van der Waals surface area contributed by atoms with E-state index in [4.69, 9.17) is 0 Å². The Morgan fingerprint density at radius 3 is 2.73 bits per heavy atom. The molecule has 0 aliphatic rings.